The molecule has 16 rings (SSSR count). The fraction of sp³-hybridized carbons (Fsp3) is 0. The third-order valence-electron chi connectivity index (χ3n) is 13.5. The van der Waals surface area contributed by atoms with Gasteiger partial charge in [-0.3, -0.25) is 0 Å². The van der Waals surface area contributed by atoms with Gasteiger partial charge < -0.3 is 0 Å². The van der Waals surface area contributed by atoms with Crippen molar-refractivity contribution in [3.8, 4) is 0 Å². The van der Waals surface area contributed by atoms with Crippen molar-refractivity contribution in [3.05, 3.63) is 542 Å². The zero-order valence-corrected chi connectivity index (χ0v) is 90.2. The van der Waals surface area contributed by atoms with Gasteiger partial charge in [0.25, 0.3) is 0 Å². The van der Waals surface area contributed by atoms with Gasteiger partial charge in [0.15, 0.2) is 57.1 Å². The largest absolute Gasteiger partial charge is 0.357 e. The van der Waals surface area contributed by atoms with Crippen molar-refractivity contribution in [1.82, 2.24) is 0 Å². The maximum atomic E-state index is 10.2. The van der Waals surface area contributed by atoms with Crippen LogP contribution in [0.3, 0.4) is 0 Å². The normalized spacial score (nSPS) is 10.2. The summed E-state index contributed by atoms with van der Waals surface area (Å²) in [6.07, 6.45) is 0. The Hall–Kier alpha value is -5.81. The molecule has 0 fully saturated rings. The molecule has 0 aliphatic carbocycles. The smallest absolute Gasteiger partial charge is 0.0619 e. The summed E-state index contributed by atoms with van der Waals surface area (Å²) in [6.45, 7) is 0. The van der Waals surface area contributed by atoms with Gasteiger partial charge in [-0.15, -0.1) is 0 Å². The molecule has 16 aromatic rings. The van der Waals surface area contributed by atoms with E-state index in [0.29, 0.717) is 0 Å². The number of rotatable bonds is 16. The number of hydrogen-bond acceptors (Lipinski definition) is 12. The molecule has 0 aromatic heterocycles. The molecule has 0 atom stereocenters. The molecule has 0 saturated heterocycles. The van der Waals surface area contributed by atoms with Gasteiger partial charge >= 0.3 is 290 Å². The molecule has 640 valence electrons. The molecule has 0 unspecified atom stereocenters. The van der Waals surface area contributed by atoms with Crippen molar-refractivity contribution in [3.63, 3.8) is 0 Å². The quantitative estimate of drug-likeness (QED) is 0.0497. The second kappa shape index (κ2) is 66.5. The molecule has 0 aliphatic heterocycles. The van der Waals surface area contributed by atoms with Crippen LogP contribution in [0, 0.1) is 57.1 Å². The van der Waals surface area contributed by atoms with Gasteiger partial charge in [0.1, 0.15) is 0 Å². The van der Waals surface area contributed by atoms with Crippen molar-refractivity contribution >= 4 is 58.6 Å². The van der Waals surface area contributed by atoms with E-state index in [9.17, 15) is 13.9 Å². The molecule has 0 radical (unpaired) electrons. The molecule has 0 bridgehead atoms. The van der Waals surface area contributed by atoms with Crippen molar-refractivity contribution in [2.24, 2.45) is 0 Å². The van der Waals surface area contributed by atoms with Crippen LogP contribution in [-0.4, -0.2) is 58.6 Å². The molecular formula is C96H80As4F4I8O12. The molecule has 12 nitrogen and oxygen atoms in total. The first kappa shape index (κ1) is 109. The van der Waals surface area contributed by atoms with Crippen LogP contribution in [0.2, 0.25) is 0 Å². The zero-order chi connectivity index (χ0) is 89.5. The van der Waals surface area contributed by atoms with Crippen LogP contribution in [0.25, 0.3) is 0 Å². The Morgan fingerprint density at radius 1 is 0.121 bits per heavy atom. The average molecular weight is 2820 g/mol. The minimum absolute atomic E-state index is 0.0287. The van der Waals surface area contributed by atoms with E-state index in [1.54, 1.807) is 0 Å². The van der Waals surface area contributed by atoms with E-state index < -0.39 is 58.6 Å². The fourth-order valence-electron chi connectivity index (χ4n) is 8.65. The Morgan fingerprint density at radius 3 is 0.202 bits per heavy atom. The molecule has 0 saturated carbocycles. The van der Waals surface area contributed by atoms with Gasteiger partial charge in [-0.1, -0.05) is 291 Å². The molecule has 0 aliphatic rings. The topological polar surface area (TPSA) is 253 Å². The predicted molar refractivity (Wildman–Crippen MR) is 432 cm³/mol. The van der Waals surface area contributed by atoms with Crippen LogP contribution in [0.1, 0.15) is 0 Å². The number of benzene rings is 16. The standard InChI is InChI=1S/8C12H10I.4AsFH2O3/c8*1-3-7-11(8-4-1)13-12-9-5-2-6-10-12;4*2-1(3,4)5/h8*1-10H;4*(H2,3,4,5)/q8*+1;;;;/p-8. The van der Waals surface area contributed by atoms with Crippen LogP contribution in [0.5, 0.6) is 0 Å². The SMILES string of the molecule is O=[As]([O-])([O-])F.O=[As]([O-])([O-])F.O=[As]([O-])([O-])F.O=[As]([O-])([O-])F.c1ccc([I+]c2ccccc2)cc1.c1ccc([I+]c2ccccc2)cc1.c1ccc([I+]c2ccccc2)cc1.c1ccc([I+]c2ccccc2)cc1.c1ccc([I+]c2ccccc2)cc1.c1ccc([I+]c2ccccc2)cc1.c1ccc([I+]c2ccccc2)cc1.c1ccc([I+]c2ccccc2)cc1. The van der Waals surface area contributed by atoms with E-state index in [0.717, 1.165) is 0 Å². The Kier molecular flexibility index (Phi) is 58.3. The monoisotopic (exact) mass is 2820 g/mol. The van der Waals surface area contributed by atoms with Gasteiger partial charge in [-0.2, -0.15) is 0 Å². The van der Waals surface area contributed by atoms with Gasteiger partial charge in [-0.25, -0.2) is 0 Å². The summed E-state index contributed by atoms with van der Waals surface area (Å²) < 4.78 is 166. The average Bonchev–Trinajstić information content (AvgIpc) is 0.950. The molecule has 0 spiro atoms. The van der Waals surface area contributed by atoms with Crippen molar-refractivity contribution in [2.75, 3.05) is 0 Å². The molecule has 0 amide bonds. The Morgan fingerprint density at radius 2 is 0.161 bits per heavy atom. The van der Waals surface area contributed by atoms with E-state index in [1.807, 2.05) is 0 Å². The second-order valence-electron chi connectivity index (χ2n) is 23.2. The first-order valence-corrected chi connectivity index (χ1v) is 65.8. The Balaban J connectivity index is 0.000000244. The summed E-state index contributed by atoms with van der Waals surface area (Å²) in [5.41, 5.74) is 0. The summed E-state index contributed by atoms with van der Waals surface area (Å²) in [4.78, 5) is 0. The van der Waals surface area contributed by atoms with Crippen LogP contribution in [0.15, 0.2) is 485 Å². The Labute approximate surface area is 820 Å². The Bertz CT molecular complexity index is 4180. The third-order valence-corrected chi connectivity index (χ3v) is 34.9. The first-order valence-electron chi connectivity index (χ1n) is 36.5. The van der Waals surface area contributed by atoms with Gasteiger partial charge in [-0.05, 0) is 194 Å². The first-order chi connectivity index (χ1) is 59.6. The van der Waals surface area contributed by atoms with Gasteiger partial charge in [0.05, 0.1) is 0 Å². The van der Waals surface area contributed by atoms with E-state index in [1.165, 1.54) is 57.1 Å². The molecule has 124 heavy (non-hydrogen) atoms. The molecule has 0 heterocycles. The molecule has 0 N–H and O–H groups in total. The summed E-state index contributed by atoms with van der Waals surface area (Å²) in [5.74, 6) is 0. The second-order valence-corrected chi connectivity index (χ2v) is 54.7. The van der Waals surface area contributed by atoms with Gasteiger partial charge in [0.2, 0.25) is 0 Å². The minimum atomic E-state index is -6.12. The number of hydrogen-bond donors (Lipinski definition) is 0. The van der Waals surface area contributed by atoms with Crippen molar-refractivity contribution in [1.29, 1.82) is 0 Å². The summed E-state index contributed by atoms with van der Waals surface area (Å²) in [6, 6.07) is 171. The fourth-order valence-corrected chi connectivity index (χ4v) is 26.8. The van der Waals surface area contributed by atoms with Crippen LogP contribution < -0.4 is 202 Å². The van der Waals surface area contributed by atoms with Crippen molar-refractivity contribution in [2.45, 2.75) is 0 Å². The van der Waals surface area contributed by atoms with Crippen molar-refractivity contribution < 1.29 is 231 Å². The van der Waals surface area contributed by atoms with E-state index in [-0.39, 0.29) is 170 Å². The van der Waals surface area contributed by atoms with E-state index in [4.69, 9.17) is 47.7 Å². The van der Waals surface area contributed by atoms with Gasteiger partial charge in [0, 0.05) is 0 Å². The summed E-state index contributed by atoms with van der Waals surface area (Å²) in [7, 11) is 0. The molecular weight excluding hydrogens is 2740 g/mol. The van der Waals surface area contributed by atoms with E-state index >= 15 is 0 Å². The summed E-state index contributed by atoms with van der Waals surface area (Å²) >= 11 is -24.3. The van der Waals surface area contributed by atoms with E-state index in [2.05, 4.69) is 485 Å². The summed E-state index contributed by atoms with van der Waals surface area (Å²) in [5, 5.41) is 0. The van der Waals surface area contributed by atoms with Crippen LogP contribution in [-0.2, 0) is 15.0 Å². The van der Waals surface area contributed by atoms with Crippen LogP contribution in [0.4, 0.5) is 13.9 Å². The maximum Gasteiger partial charge on any atom is 0.357 e. The minimum Gasteiger partial charge on any atom is -0.0619 e. The number of halogens is 12. The molecule has 28 heteroatoms. The zero-order valence-electron chi connectivity index (χ0n) is 65.4. The third kappa shape index (κ3) is 64.8. The van der Waals surface area contributed by atoms with Crippen LogP contribution >= 0.6 is 0 Å². The maximum absolute atomic E-state index is 10.2. The molecule has 16 aromatic carbocycles. The predicted octanol–water partition coefficient (Wildman–Crippen LogP) is -11.3.